The molecule has 2 nitrogen and oxygen atoms in total. The summed E-state index contributed by atoms with van der Waals surface area (Å²) in [5.74, 6) is -0.407. The molecular weight excluding hydrogens is 198 g/mol. The third-order valence-corrected chi connectivity index (χ3v) is 2.38. The summed E-state index contributed by atoms with van der Waals surface area (Å²) in [6, 6.07) is 9.97. The van der Waals surface area contributed by atoms with Crippen LogP contribution < -0.4 is 5.73 Å². The minimum Gasteiger partial charge on any atom is -0.369 e. The summed E-state index contributed by atoms with van der Waals surface area (Å²) in [5, 5.41) is 0. The summed E-state index contributed by atoms with van der Waals surface area (Å²) < 4.78 is 0. The number of carbonyl (C=O) groups is 1. The van der Waals surface area contributed by atoms with Crippen LogP contribution in [0.2, 0.25) is 0 Å². The van der Waals surface area contributed by atoms with Gasteiger partial charge in [0.1, 0.15) is 0 Å². The molecule has 0 fully saturated rings. The summed E-state index contributed by atoms with van der Waals surface area (Å²) in [5.41, 5.74) is 6.41. The van der Waals surface area contributed by atoms with Crippen LogP contribution in [0.3, 0.4) is 0 Å². The van der Waals surface area contributed by atoms with Crippen LogP contribution in [0.15, 0.2) is 49.1 Å². The molecule has 16 heavy (non-hydrogen) atoms. The Labute approximate surface area is 96.5 Å². The van der Waals surface area contributed by atoms with Crippen molar-refractivity contribution in [1.82, 2.24) is 0 Å². The lowest BCUT2D eigenvalue weighted by Gasteiger charge is -2.06. The van der Waals surface area contributed by atoms with Gasteiger partial charge in [-0.15, -0.1) is 6.58 Å². The average Bonchev–Trinajstić information content (AvgIpc) is 2.29. The molecule has 1 atom stereocenters. The molecule has 0 spiro atoms. The molecule has 1 aromatic rings. The maximum Gasteiger partial charge on any atom is 0.221 e. The molecule has 0 aliphatic heterocycles. The van der Waals surface area contributed by atoms with E-state index < -0.39 is 0 Å². The van der Waals surface area contributed by atoms with Gasteiger partial charge in [0.15, 0.2) is 0 Å². The Morgan fingerprint density at radius 1 is 1.31 bits per heavy atom. The standard InChI is InChI=1S/C14H17NO/c1-2-7-13(14(15)16)11-6-10-12-8-4-3-5-9-12/h2-6,8-10,13H,1,7,11H2,(H2,15,16)/b10-6+/t13-/m0/s1. The summed E-state index contributed by atoms with van der Waals surface area (Å²) in [6.07, 6.45) is 7.00. The average molecular weight is 215 g/mol. The van der Waals surface area contributed by atoms with Gasteiger partial charge >= 0.3 is 0 Å². The quantitative estimate of drug-likeness (QED) is 0.728. The Balaban J connectivity index is 2.52. The van der Waals surface area contributed by atoms with Crippen molar-refractivity contribution in [1.29, 1.82) is 0 Å². The summed E-state index contributed by atoms with van der Waals surface area (Å²) in [6.45, 7) is 3.62. The van der Waals surface area contributed by atoms with Crippen LogP contribution in [0.4, 0.5) is 0 Å². The normalized spacial score (nSPS) is 12.5. The maximum atomic E-state index is 11.1. The van der Waals surface area contributed by atoms with Crippen molar-refractivity contribution in [2.75, 3.05) is 0 Å². The van der Waals surface area contributed by atoms with Gasteiger partial charge in [-0.1, -0.05) is 48.6 Å². The van der Waals surface area contributed by atoms with E-state index in [2.05, 4.69) is 6.58 Å². The number of nitrogens with two attached hydrogens (primary N) is 1. The van der Waals surface area contributed by atoms with E-state index in [1.54, 1.807) is 6.08 Å². The molecule has 0 unspecified atom stereocenters. The molecule has 0 saturated carbocycles. The van der Waals surface area contributed by atoms with Gasteiger partial charge in [-0.25, -0.2) is 0 Å². The number of primary amides is 1. The lowest BCUT2D eigenvalue weighted by Crippen LogP contribution is -2.22. The summed E-state index contributed by atoms with van der Waals surface area (Å²) in [4.78, 5) is 11.1. The SMILES string of the molecule is C=CC[C@@H](C/C=C/c1ccccc1)C(N)=O. The van der Waals surface area contributed by atoms with Crippen molar-refractivity contribution in [3.05, 3.63) is 54.6 Å². The van der Waals surface area contributed by atoms with E-state index >= 15 is 0 Å². The van der Waals surface area contributed by atoms with Crippen molar-refractivity contribution >= 4 is 12.0 Å². The third kappa shape index (κ3) is 4.13. The Morgan fingerprint density at radius 3 is 2.56 bits per heavy atom. The van der Waals surface area contributed by atoms with Gasteiger partial charge in [-0.3, -0.25) is 4.79 Å². The van der Waals surface area contributed by atoms with Crippen molar-refractivity contribution in [2.24, 2.45) is 11.7 Å². The minimum absolute atomic E-state index is 0.141. The van der Waals surface area contributed by atoms with Crippen molar-refractivity contribution < 1.29 is 4.79 Å². The molecule has 2 N–H and O–H groups in total. The molecule has 0 aliphatic carbocycles. The van der Waals surface area contributed by atoms with Gasteiger partial charge < -0.3 is 5.73 Å². The number of amides is 1. The molecule has 0 aromatic heterocycles. The highest BCUT2D eigenvalue weighted by molar-refractivity contribution is 5.77. The van der Waals surface area contributed by atoms with Crippen LogP contribution in [-0.2, 0) is 4.79 Å². The highest BCUT2D eigenvalue weighted by Crippen LogP contribution is 2.11. The third-order valence-electron chi connectivity index (χ3n) is 2.38. The fourth-order valence-electron chi connectivity index (χ4n) is 1.46. The lowest BCUT2D eigenvalue weighted by molar-refractivity contribution is -0.121. The van der Waals surface area contributed by atoms with Gasteiger partial charge in [-0.2, -0.15) is 0 Å². The molecule has 1 rings (SSSR count). The fraction of sp³-hybridized carbons (Fsp3) is 0.214. The predicted molar refractivity (Wildman–Crippen MR) is 67.6 cm³/mol. The van der Waals surface area contributed by atoms with Crippen molar-refractivity contribution in [3.8, 4) is 0 Å². The molecule has 0 heterocycles. The van der Waals surface area contributed by atoms with E-state index in [4.69, 9.17) is 5.73 Å². The van der Waals surface area contributed by atoms with E-state index in [1.165, 1.54) is 0 Å². The van der Waals surface area contributed by atoms with Gasteiger partial charge in [0.05, 0.1) is 0 Å². The molecule has 2 heteroatoms. The maximum absolute atomic E-state index is 11.1. The first kappa shape index (κ1) is 12.2. The summed E-state index contributed by atoms with van der Waals surface area (Å²) in [7, 11) is 0. The first-order valence-electron chi connectivity index (χ1n) is 5.36. The van der Waals surface area contributed by atoms with E-state index in [-0.39, 0.29) is 11.8 Å². The summed E-state index contributed by atoms with van der Waals surface area (Å²) >= 11 is 0. The zero-order valence-corrected chi connectivity index (χ0v) is 9.30. The van der Waals surface area contributed by atoms with Gasteiger partial charge in [0.2, 0.25) is 5.91 Å². The molecule has 0 bridgehead atoms. The zero-order valence-electron chi connectivity index (χ0n) is 9.30. The number of hydrogen-bond acceptors (Lipinski definition) is 1. The molecular formula is C14H17NO. The Kier molecular flexibility index (Phi) is 5.06. The van der Waals surface area contributed by atoms with Crippen LogP contribution in [0.25, 0.3) is 6.08 Å². The van der Waals surface area contributed by atoms with E-state index in [1.807, 2.05) is 42.5 Å². The molecule has 1 amide bonds. The first-order valence-corrected chi connectivity index (χ1v) is 5.36. The number of allylic oxidation sites excluding steroid dienone is 2. The minimum atomic E-state index is -0.266. The molecule has 0 radical (unpaired) electrons. The number of benzene rings is 1. The van der Waals surface area contributed by atoms with Crippen molar-refractivity contribution in [3.63, 3.8) is 0 Å². The lowest BCUT2D eigenvalue weighted by atomic mass is 10.00. The predicted octanol–water partition coefficient (Wildman–Crippen LogP) is 2.77. The molecule has 0 aliphatic rings. The Morgan fingerprint density at radius 2 is 2.00 bits per heavy atom. The van der Waals surface area contributed by atoms with E-state index in [0.29, 0.717) is 12.8 Å². The molecule has 0 saturated heterocycles. The van der Waals surface area contributed by atoms with Crippen LogP contribution in [-0.4, -0.2) is 5.91 Å². The van der Waals surface area contributed by atoms with Crippen LogP contribution in [0.1, 0.15) is 18.4 Å². The van der Waals surface area contributed by atoms with Crippen molar-refractivity contribution in [2.45, 2.75) is 12.8 Å². The second-order valence-corrected chi connectivity index (χ2v) is 3.67. The Hall–Kier alpha value is -1.83. The van der Waals surface area contributed by atoms with Gasteiger partial charge in [0, 0.05) is 5.92 Å². The molecule has 84 valence electrons. The first-order chi connectivity index (χ1) is 7.74. The molecule has 1 aromatic carbocycles. The zero-order chi connectivity index (χ0) is 11.8. The number of rotatable bonds is 6. The smallest absolute Gasteiger partial charge is 0.221 e. The van der Waals surface area contributed by atoms with Crippen LogP contribution >= 0.6 is 0 Å². The van der Waals surface area contributed by atoms with Gasteiger partial charge in [0.25, 0.3) is 0 Å². The topological polar surface area (TPSA) is 43.1 Å². The highest BCUT2D eigenvalue weighted by atomic mass is 16.1. The monoisotopic (exact) mass is 215 g/mol. The van der Waals surface area contributed by atoms with Crippen LogP contribution in [0, 0.1) is 5.92 Å². The largest absolute Gasteiger partial charge is 0.369 e. The number of hydrogen-bond donors (Lipinski definition) is 1. The van der Waals surface area contributed by atoms with E-state index in [0.717, 1.165) is 5.56 Å². The highest BCUT2D eigenvalue weighted by Gasteiger charge is 2.10. The second kappa shape index (κ2) is 6.62. The number of carbonyl (C=O) groups excluding carboxylic acids is 1. The second-order valence-electron chi connectivity index (χ2n) is 3.67. The fourth-order valence-corrected chi connectivity index (χ4v) is 1.46. The van der Waals surface area contributed by atoms with E-state index in [9.17, 15) is 4.79 Å². The Bertz CT molecular complexity index is 368. The van der Waals surface area contributed by atoms with Crippen LogP contribution in [0.5, 0.6) is 0 Å². The van der Waals surface area contributed by atoms with Gasteiger partial charge in [-0.05, 0) is 18.4 Å².